The van der Waals surface area contributed by atoms with E-state index in [0.29, 0.717) is 5.56 Å². The maximum absolute atomic E-state index is 13.3. The smallest absolute Gasteiger partial charge is 0.165 e. The Hall–Kier alpha value is -1.35. The van der Waals surface area contributed by atoms with Gasteiger partial charge in [-0.3, -0.25) is 0 Å². The van der Waals surface area contributed by atoms with E-state index in [0.717, 1.165) is 0 Å². The lowest BCUT2D eigenvalue weighted by Gasteiger charge is -2.20. The van der Waals surface area contributed by atoms with Crippen LogP contribution in [0.1, 0.15) is 12.5 Å². The van der Waals surface area contributed by atoms with Gasteiger partial charge in [0.2, 0.25) is 0 Å². The van der Waals surface area contributed by atoms with Crippen molar-refractivity contribution in [3.8, 4) is 5.75 Å². The fourth-order valence-electron chi connectivity index (χ4n) is 1.12. The number of rotatable bonds is 3. The Morgan fingerprint density at radius 2 is 2.21 bits per heavy atom. The van der Waals surface area contributed by atoms with Gasteiger partial charge in [0.15, 0.2) is 11.6 Å². The van der Waals surface area contributed by atoms with Gasteiger partial charge in [-0.2, -0.15) is 0 Å². The maximum Gasteiger partial charge on any atom is 0.165 e. The summed E-state index contributed by atoms with van der Waals surface area (Å²) in [7, 11) is 1.42. The predicted octanol–water partition coefficient (Wildman–Crippen LogP) is 2.19. The van der Waals surface area contributed by atoms with Crippen LogP contribution in [0, 0.1) is 5.82 Å². The normalized spacial score (nSPS) is 14.6. The SMILES string of the molecule is C=CC(C)(N)c1ccc(OC)c(F)c1. The van der Waals surface area contributed by atoms with Gasteiger partial charge in [0.05, 0.1) is 12.6 Å². The Morgan fingerprint density at radius 1 is 1.57 bits per heavy atom. The van der Waals surface area contributed by atoms with Crippen LogP contribution in [-0.4, -0.2) is 7.11 Å². The Labute approximate surface area is 83.2 Å². The highest BCUT2D eigenvalue weighted by atomic mass is 19.1. The van der Waals surface area contributed by atoms with Gasteiger partial charge in [-0.1, -0.05) is 12.1 Å². The van der Waals surface area contributed by atoms with Gasteiger partial charge in [-0.05, 0) is 24.6 Å². The van der Waals surface area contributed by atoms with E-state index < -0.39 is 11.4 Å². The van der Waals surface area contributed by atoms with Crippen molar-refractivity contribution in [2.75, 3.05) is 7.11 Å². The molecule has 0 spiro atoms. The molecule has 1 atom stereocenters. The highest BCUT2D eigenvalue weighted by molar-refractivity contribution is 5.35. The molecule has 0 aliphatic carbocycles. The minimum Gasteiger partial charge on any atom is -0.494 e. The minimum atomic E-state index is -0.715. The zero-order valence-corrected chi connectivity index (χ0v) is 8.38. The zero-order chi connectivity index (χ0) is 10.8. The van der Waals surface area contributed by atoms with E-state index in [2.05, 4.69) is 6.58 Å². The predicted molar refractivity (Wildman–Crippen MR) is 54.7 cm³/mol. The molecule has 0 saturated heterocycles. The average molecular weight is 195 g/mol. The quantitative estimate of drug-likeness (QED) is 0.750. The lowest BCUT2D eigenvalue weighted by Crippen LogP contribution is -2.30. The third kappa shape index (κ3) is 1.93. The molecule has 14 heavy (non-hydrogen) atoms. The topological polar surface area (TPSA) is 35.2 Å². The van der Waals surface area contributed by atoms with Crippen LogP contribution < -0.4 is 10.5 Å². The molecule has 2 nitrogen and oxygen atoms in total. The first-order valence-electron chi connectivity index (χ1n) is 4.27. The molecule has 0 aliphatic heterocycles. The van der Waals surface area contributed by atoms with Gasteiger partial charge in [0.1, 0.15) is 0 Å². The largest absolute Gasteiger partial charge is 0.494 e. The van der Waals surface area contributed by atoms with E-state index in [1.165, 1.54) is 13.2 Å². The molecule has 0 aromatic heterocycles. The van der Waals surface area contributed by atoms with Gasteiger partial charge in [-0.25, -0.2) is 4.39 Å². The first-order valence-corrected chi connectivity index (χ1v) is 4.27. The molecular formula is C11H14FNO. The Morgan fingerprint density at radius 3 is 2.64 bits per heavy atom. The molecule has 0 fully saturated rings. The van der Waals surface area contributed by atoms with Crippen LogP contribution in [0.15, 0.2) is 30.9 Å². The third-order valence-electron chi connectivity index (χ3n) is 2.20. The Kier molecular flexibility index (Phi) is 2.91. The van der Waals surface area contributed by atoms with Gasteiger partial charge >= 0.3 is 0 Å². The van der Waals surface area contributed by atoms with Gasteiger partial charge in [-0.15, -0.1) is 6.58 Å². The van der Waals surface area contributed by atoms with Gasteiger partial charge < -0.3 is 10.5 Å². The van der Waals surface area contributed by atoms with Crippen molar-refractivity contribution < 1.29 is 9.13 Å². The van der Waals surface area contributed by atoms with Crippen LogP contribution in [0.3, 0.4) is 0 Å². The summed E-state index contributed by atoms with van der Waals surface area (Å²) in [5, 5.41) is 0. The maximum atomic E-state index is 13.3. The van der Waals surface area contributed by atoms with E-state index in [4.69, 9.17) is 10.5 Å². The summed E-state index contributed by atoms with van der Waals surface area (Å²) in [6, 6.07) is 4.64. The number of ether oxygens (including phenoxy) is 1. The summed E-state index contributed by atoms with van der Waals surface area (Å²) >= 11 is 0. The number of hydrogen-bond donors (Lipinski definition) is 1. The van der Waals surface area contributed by atoms with E-state index in [1.807, 2.05) is 0 Å². The second kappa shape index (κ2) is 3.80. The molecule has 0 bridgehead atoms. The molecule has 0 radical (unpaired) electrons. The van der Waals surface area contributed by atoms with Crippen molar-refractivity contribution in [3.05, 3.63) is 42.2 Å². The van der Waals surface area contributed by atoms with Crippen LogP contribution in [-0.2, 0) is 5.54 Å². The first kappa shape index (κ1) is 10.7. The number of halogens is 1. The molecule has 0 aliphatic rings. The second-order valence-corrected chi connectivity index (χ2v) is 3.34. The number of methoxy groups -OCH3 is 1. The summed E-state index contributed by atoms with van der Waals surface area (Å²) in [5.74, 6) is -0.197. The number of benzene rings is 1. The molecule has 0 amide bonds. The average Bonchev–Trinajstić information content (AvgIpc) is 2.17. The van der Waals surface area contributed by atoms with Crippen molar-refractivity contribution >= 4 is 0 Å². The lowest BCUT2D eigenvalue weighted by atomic mass is 9.93. The lowest BCUT2D eigenvalue weighted by molar-refractivity contribution is 0.385. The fraction of sp³-hybridized carbons (Fsp3) is 0.273. The molecule has 3 heteroatoms. The van der Waals surface area contributed by atoms with Crippen LogP contribution in [0.2, 0.25) is 0 Å². The van der Waals surface area contributed by atoms with Gasteiger partial charge in [0, 0.05) is 0 Å². The van der Waals surface area contributed by atoms with Crippen LogP contribution in [0.4, 0.5) is 4.39 Å². The first-order chi connectivity index (χ1) is 6.51. The standard InChI is InChI=1S/C11H14FNO/c1-4-11(2,13)8-5-6-10(14-3)9(12)7-8/h4-7H,1,13H2,2-3H3. The van der Waals surface area contributed by atoms with E-state index >= 15 is 0 Å². The van der Waals surface area contributed by atoms with Crippen LogP contribution in [0.25, 0.3) is 0 Å². The monoisotopic (exact) mass is 195 g/mol. The molecule has 1 rings (SSSR count). The van der Waals surface area contributed by atoms with E-state index in [-0.39, 0.29) is 5.75 Å². The van der Waals surface area contributed by atoms with Crippen LogP contribution >= 0.6 is 0 Å². The van der Waals surface area contributed by atoms with Crippen molar-refractivity contribution in [1.29, 1.82) is 0 Å². The molecule has 0 saturated carbocycles. The third-order valence-corrected chi connectivity index (χ3v) is 2.20. The minimum absolute atomic E-state index is 0.216. The van der Waals surface area contributed by atoms with Crippen LogP contribution in [0.5, 0.6) is 5.75 Å². The fourth-order valence-corrected chi connectivity index (χ4v) is 1.12. The summed E-state index contributed by atoms with van der Waals surface area (Å²) in [6.45, 7) is 5.37. The van der Waals surface area contributed by atoms with Crippen molar-refractivity contribution in [3.63, 3.8) is 0 Å². The van der Waals surface area contributed by atoms with Crippen molar-refractivity contribution in [1.82, 2.24) is 0 Å². The molecular weight excluding hydrogens is 181 g/mol. The molecule has 2 N–H and O–H groups in total. The summed E-state index contributed by atoms with van der Waals surface area (Å²) in [4.78, 5) is 0. The number of hydrogen-bond acceptors (Lipinski definition) is 2. The molecule has 0 heterocycles. The summed E-state index contributed by atoms with van der Waals surface area (Å²) in [5.41, 5.74) is 5.83. The highest BCUT2D eigenvalue weighted by Crippen LogP contribution is 2.24. The Balaban J connectivity index is 3.15. The highest BCUT2D eigenvalue weighted by Gasteiger charge is 2.18. The molecule has 1 unspecified atom stereocenters. The Bertz CT molecular complexity index is 347. The number of nitrogens with two attached hydrogens (primary N) is 1. The van der Waals surface area contributed by atoms with E-state index in [9.17, 15) is 4.39 Å². The van der Waals surface area contributed by atoms with E-state index in [1.54, 1.807) is 25.1 Å². The van der Waals surface area contributed by atoms with Gasteiger partial charge in [0.25, 0.3) is 0 Å². The summed E-state index contributed by atoms with van der Waals surface area (Å²) < 4.78 is 18.1. The molecule has 1 aromatic carbocycles. The molecule has 76 valence electrons. The van der Waals surface area contributed by atoms with Crippen molar-refractivity contribution in [2.45, 2.75) is 12.5 Å². The molecule has 1 aromatic rings. The second-order valence-electron chi connectivity index (χ2n) is 3.34. The van der Waals surface area contributed by atoms with Crippen molar-refractivity contribution in [2.24, 2.45) is 5.73 Å². The zero-order valence-electron chi connectivity index (χ0n) is 8.38. The summed E-state index contributed by atoms with van der Waals surface area (Å²) in [6.07, 6.45) is 1.58.